The van der Waals surface area contributed by atoms with Crippen molar-refractivity contribution in [2.45, 2.75) is 0 Å². The Hall–Kier alpha value is -2.35. The fourth-order valence-electron chi connectivity index (χ4n) is 2.21. The van der Waals surface area contributed by atoms with Gasteiger partial charge in [0.1, 0.15) is 0 Å². The summed E-state index contributed by atoms with van der Waals surface area (Å²) in [4.78, 5) is 12.2. The molecule has 0 N–H and O–H groups in total. The molecule has 109 valence electrons. The fraction of sp³-hybridized carbons (Fsp3) is 0. The summed E-state index contributed by atoms with van der Waals surface area (Å²) in [5.41, 5.74) is 1.56. The Kier molecular flexibility index (Phi) is 5.54. The minimum absolute atomic E-state index is 0. The van der Waals surface area contributed by atoms with Crippen molar-refractivity contribution in [3.63, 3.8) is 0 Å². The number of rotatable bonds is 3. The minimum Gasteiger partial charge on any atom is -0.431 e. The molecule has 22 heavy (non-hydrogen) atoms. The SMILES string of the molecule is O=C(OC=Cc1ccccc1)c1cccc2ccccc12.[Mn]. The fourth-order valence-corrected chi connectivity index (χ4v) is 2.21. The molecule has 3 aromatic rings. The van der Waals surface area contributed by atoms with Crippen molar-refractivity contribution in [1.29, 1.82) is 0 Å². The molecule has 0 atom stereocenters. The Labute approximate surface area is 139 Å². The van der Waals surface area contributed by atoms with Crippen LogP contribution in [-0.2, 0) is 21.8 Å². The Morgan fingerprint density at radius 3 is 2.32 bits per heavy atom. The average Bonchev–Trinajstić information content (AvgIpc) is 2.55. The molecule has 3 rings (SSSR count). The molecule has 3 heteroatoms. The smallest absolute Gasteiger partial charge is 0.343 e. The Balaban J connectivity index is 0.00000176. The van der Waals surface area contributed by atoms with Crippen LogP contribution in [0.15, 0.2) is 79.1 Å². The van der Waals surface area contributed by atoms with E-state index in [1.54, 1.807) is 12.1 Å². The van der Waals surface area contributed by atoms with E-state index in [-0.39, 0.29) is 23.0 Å². The monoisotopic (exact) mass is 329 g/mol. The van der Waals surface area contributed by atoms with Gasteiger partial charge in [0, 0.05) is 17.1 Å². The van der Waals surface area contributed by atoms with Crippen molar-refractivity contribution < 1.29 is 26.6 Å². The van der Waals surface area contributed by atoms with Gasteiger partial charge in [-0.15, -0.1) is 0 Å². The van der Waals surface area contributed by atoms with E-state index in [9.17, 15) is 4.79 Å². The number of carbonyl (C=O) groups is 1. The molecule has 3 aromatic carbocycles. The van der Waals surface area contributed by atoms with Crippen LogP contribution in [0.1, 0.15) is 15.9 Å². The van der Waals surface area contributed by atoms with Gasteiger partial charge in [-0.2, -0.15) is 0 Å². The number of hydrogen-bond donors (Lipinski definition) is 0. The van der Waals surface area contributed by atoms with E-state index in [1.165, 1.54) is 6.26 Å². The molecule has 2 nitrogen and oxygen atoms in total. The molecule has 0 aliphatic rings. The summed E-state index contributed by atoms with van der Waals surface area (Å²) in [6, 6.07) is 23.1. The summed E-state index contributed by atoms with van der Waals surface area (Å²) in [6.45, 7) is 0. The predicted molar refractivity (Wildman–Crippen MR) is 84.8 cm³/mol. The maximum Gasteiger partial charge on any atom is 0.343 e. The van der Waals surface area contributed by atoms with Gasteiger partial charge in [0.25, 0.3) is 0 Å². The average molecular weight is 329 g/mol. The van der Waals surface area contributed by atoms with E-state index in [2.05, 4.69) is 0 Å². The Bertz CT molecular complexity index is 789. The second-order valence-electron chi connectivity index (χ2n) is 4.65. The third kappa shape index (κ3) is 3.64. The molecule has 1 radical (unpaired) electrons. The zero-order chi connectivity index (χ0) is 14.5. The van der Waals surface area contributed by atoms with Gasteiger partial charge < -0.3 is 4.74 Å². The van der Waals surface area contributed by atoms with Crippen LogP contribution >= 0.6 is 0 Å². The number of ether oxygens (including phenoxy) is 1. The molecule has 0 heterocycles. The van der Waals surface area contributed by atoms with Crippen molar-refractivity contribution in [2.75, 3.05) is 0 Å². The Morgan fingerprint density at radius 2 is 1.50 bits per heavy atom. The number of esters is 1. The van der Waals surface area contributed by atoms with Gasteiger partial charge in [-0.05, 0) is 28.5 Å². The molecule has 0 unspecified atom stereocenters. The molecule has 0 saturated heterocycles. The number of hydrogen-bond acceptors (Lipinski definition) is 2. The number of benzene rings is 3. The third-order valence-electron chi connectivity index (χ3n) is 3.24. The summed E-state index contributed by atoms with van der Waals surface area (Å²) in [6.07, 6.45) is 3.20. The molecule has 0 spiro atoms. The first-order chi connectivity index (χ1) is 10.3. The molecular formula is C19H14MnO2. The standard InChI is InChI=1S/C19H14O2.Mn/c20-19(21-14-13-15-7-2-1-3-8-15)18-12-6-10-16-9-4-5-11-17(16)18;/h1-14H;. The largest absolute Gasteiger partial charge is 0.431 e. The van der Waals surface area contributed by atoms with Gasteiger partial charge in [-0.1, -0.05) is 66.7 Å². The summed E-state index contributed by atoms with van der Waals surface area (Å²) in [5, 5.41) is 1.93. The van der Waals surface area contributed by atoms with Crippen LogP contribution in [0.25, 0.3) is 16.8 Å². The van der Waals surface area contributed by atoms with Crippen molar-refractivity contribution in [2.24, 2.45) is 0 Å². The molecule has 0 aromatic heterocycles. The number of fused-ring (bicyclic) bond motifs is 1. The van der Waals surface area contributed by atoms with Crippen LogP contribution in [0.5, 0.6) is 0 Å². The van der Waals surface area contributed by atoms with Crippen LogP contribution < -0.4 is 0 Å². The molecule has 0 aliphatic carbocycles. The molecular weight excluding hydrogens is 315 g/mol. The van der Waals surface area contributed by atoms with Crippen molar-refractivity contribution in [3.8, 4) is 0 Å². The topological polar surface area (TPSA) is 26.3 Å². The predicted octanol–water partition coefficient (Wildman–Crippen LogP) is 4.67. The summed E-state index contributed by atoms with van der Waals surface area (Å²) < 4.78 is 5.22. The first-order valence-electron chi connectivity index (χ1n) is 6.75. The van der Waals surface area contributed by atoms with Crippen molar-refractivity contribution >= 4 is 22.8 Å². The van der Waals surface area contributed by atoms with Crippen molar-refractivity contribution in [1.82, 2.24) is 0 Å². The van der Waals surface area contributed by atoms with Crippen LogP contribution in [0, 0.1) is 0 Å². The van der Waals surface area contributed by atoms with E-state index in [0.29, 0.717) is 5.56 Å². The summed E-state index contributed by atoms with van der Waals surface area (Å²) in [5.74, 6) is -0.348. The zero-order valence-corrected chi connectivity index (χ0v) is 13.0. The molecule has 0 saturated carbocycles. The van der Waals surface area contributed by atoms with Crippen molar-refractivity contribution in [3.05, 3.63) is 90.2 Å². The Morgan fingerprint density at radius 1 is 0.818 bits per heavy atom. The normalized spacial score (nSPS) is 10.4. The van der Waals surface area contributed by atoms with Gasteiger partial charge in [-0.25, -0.2) is 4.79 Å². The van der Waals surface area contributed by atoms with Crippen LogP contribution in [0.3, 0.4) is 0 Å². The zero-order valence-electron chi connectivity index (χ0n) is 11.8. The molecule has 0 bridgehead atoms. The molecule has 0 aliphatic heterocycles. The summed E-state index contributed by atoms with van der Waals surface area (Å²) >= 11 is 0. The van der Waals surface area contributed by atoms with Gasteiger partial charge in [0.2, 0.25) is 0 Å². The molecule has 0 fully saturated rings. The summed E-state index contributed by atoms with van der Waals surface area (Å²) in [7, 11) is 0. The van der Waals surface area contributed by atoms with E-state index in [4.69, 9.17) is 4.74 Å². The first-order valence-corrected chi connectivity index (χ1v) is 6.75. The van der Waals surface area contributed by atoms with Crippen LogP contribution in [0.4, 0.5) is 0 Å². The van der Waals surface area contributed by atoms with E-state index in [1.807, 2.05) is 66.7 Å². The van der Waals surface area contributed by atoms with E-state index < -0.39 is 0 Å². The van der Waals surface area contributed by atoms with Gasteiger partial charge in [0.05, 0.1) is 11.8 Å². The first kappa shape index (κ1) is 16.0. The third-order valence-corrected chi connectivity index (χ3v) is 3.24. The molecule has 0 amide bonds. The minimum atomic E-state index is -0.348. The van der Waals surface area contributed by atoms with Crippen LogP contribution in [0.2, 0.25) is 0 Å². The van der Waals surface area contributed by atoms with Gasteiger partial charge in [-0.3, -0.25) is 0 Å². The van der Waals surface area contributed by atoms with Crippen LogP contribution in [-0.4, -0.2) is 5.97 Å². The second kappa shape index (κ2) is 7.60. The van der Waals surface area contributed by atoms with Gasteiger partial charge >= 0.3 is 5.97 Å². The maximum absolute atomic E-state index is 12.2. The maximum atomic E-state index is 12.2. The van der Waals surface area contributed by atoms with Gasteiger partial charge in [0.15, 0.2) is 0 Å². The van der Waals surface area contributed by atoms with E-state index >= 15 is 0 Å². The second-order valence-corrected chi connectivity index (χ2v) is 4.65. The quantitative estimate of drug-likeness (QED) is 0.397. The van der Waals surface area contributed by atoms with E-state index in [0.717, 1.165) is 16.3 Å². The number of carbonyl (C=O) groups excluding carboxylic acids is 1.